The molecule has 0 aromatic carbocycles. The van der Waals surface area contributed by atoms with Gasteiger partial charge in [0, 0.05) is 57.5 Å². The van der Waals surface area contributed by atoms with Crippen LogP contribution in [0.25, 0.3) is 0 Å². The molecule has 3 saturated heterocycles. The second-order valence-electron chi connectivity index (χ2n) is 6.83. The molecular weight excluding hydrogens is 238 g/mol. The zero-order valence-electron chi connectivity index (χ0n) is 12.5. The number of hydrogen-bond acceptors (Lipinski definition) is 4. The highest BCUT2D eigenvalue weighted by Crippen LogP contribution is 2.34. The van der Waals surface area contributed by atoms with E-state index in [0.29, 0.717) is 11.6 Å². The largest absolute Gasteiger partial charge is 0.377 e. The molecule has 0 aromatic heterocycles. The van der Waals surface area contributed by atoms with Gasteiger partial charge in [0.2, 0.25) is 0 Å². The molecule has 19 heavy (non-hydrogen) atoms. The van der Waals surface area contributed by atoms with Gasteiger partial charge in [0.05, 0.1) is 6.10 Å². The number of rotatable bonds is 3. The highest BCUT2D eigenvalue weighted by molar-refractivity contribution is 5.02. The maximum absolute atomic E-state index is 5.82. The third kappa shape index (κ3) is 2.82. The first-order valence-corrected chi connectivity index (χ1v) is 7.99. The van der Waals surface area contributed by atoms with Crippen LogP contribution in [0.2, 0.25) is 0 Å². The van der Waals surface area contributed by atoms with Gasteiger partial charge in [0.25, 0.3) is 0 Å². The van der Waals surface area contributed by atoms with E-state index in [1.165, 1.54) is 38.9 Å². The Morgan fingerprint density at radius 2 is 1.95 bits per heavy atom. The monoisotopic (exact) mass is 267 g/mol. The summed E-state index contributed by atoms with van der Waals surface area (Å²) in [4.78, 5) is 5.38. The first-order chi connectivity index (χ1) is 9.18. The number of hydrogen-bond donors (Lipinski definition) is 1. The van der Waals surface area contributed by atoms with Gasteiger partial charge in [-0.3, -0.25) is 9.80 Å². The van der Waals surface area contributed by atoms with E-state index in [1.807, 2.05) is 0 Å². The van der Waals surface area contributed by atoms with Crippen molar-refractivity contribution >= 4 is 0 Å². The van der Waals surface area contributed by atoms with E-state index in [0.717, 1.165) is 32.3 Å². The fraction of sp³-hybridized carbons (Fsp3) is 1.00. The molecule has 0 amide bonds. The normalized spacial score (nSPS) is 36.9. The van der Waals surface area contributed by atoms with Gasteiger partial charge >= 0.3 is 0 Å². The van der Waals surface area contributed by atoms with Crippen LogP contribution in [0.5, 0.6) is 0 Å². The van der Waals surface area contributed by atoms with Gasteiger partial charge in [-0.15, -0.1) is 0 Å². The van der Waals surface area contributed by atoms with E-state index < -0.39 is 0 Å². The first kappa shape index (κ1) is 13.8. The Hall–Kier alpha value is -0.160. The minimum atomic E-state index is 0.295. The molecule has 2 atom stereocenters. The van der Waals surface area contributed by atoms with Gasteiger partial charge in [-0.2, -0.15) is 0 Å². The minimum Gasteiger partial charge on any atom is -0.377 e. The van der Waals surface area contributed by atoms with E-state index in [9.17, 15) is 0 Å². The highest BCUT2D eigenvalue weighted by Gasteiger charge is 2.44. The van der Waals surface area contributed by atoms with Crippen molar-refractivity contribution in [3.8, 4) is 0 Å². The maximum Gasteiger partial charge on any atom is 0.0703 e. The van der Waals surface area contributed by atoms with Crippen molar-refractivity contribution in [3.63, 3.8) is 0 Å². The maximum atomic E-state index is 5.82. The van der Waals surface area contributed by atoms with Crippen molar-refractivity contribution in [1.82, 2.24) is 15.1 Å². The van der Waals surface area contributed by atoms with Crippen LogP contribution in [0.4, 0.5) is 0 Å². The summed E-state index contributed by atoms with van der Waals surface area (Å²) in [5.74, 6) is 0. The Bertz CT molecular complexity index is 296. The van der Waals surface area contributed by atoms with Gasteiger partial charge in [0.15, 0.2) is 0 Å². The van der Waals surface area contributed by atoms with Crippen molar-refractivity contribution < 1.29 is 4.74 Å². The predicted molar refractivity (Wildman–Crippen MR) is 77.5 cm³/mol. The molecule has 4 nitrogen and oxygen atoms in total. The Balaban J connectivity index is 1.61. The summed E-state index contributed by atoms with van der Waals surface area (Å²) in [6, 6.07) is 0.719. The standard InChI is InChI=1S/C15H29N3O/c1-15(2)14(17-9-6-16-7-10-17)5-8-18(15)12-13-4-3-11-19-13/h13-14,16H,3-12H2,1-2H3. The number of nitrogens with one attached hydrogen (secondary N) is 1. The molecule has 3 heterocycles. The summed E-state index contributed by atoms with van der Waals surface area (Å²) in [6.07, 6.45) is 4.31. The van der Waals surface area contributed by atoms with Crippen LogP contribution >= 0.6 is 0 Å². The SMILES string of the molecule is CC1(C)C(N2CCNCC2)CCN1CC1CCCO1. The van der Waals surface area contributed by atoms with E-state index in [1.54, 1.807) is 0 Å². The molecule has 0 bridgehead atoms. The lowest BCUT2D eigenvalue weighted by molar-refractivity contribution is 0.0261. The molecular formula is C15H29N3O. The Morgan fingerprint density at radius 3 is 2.63 bits per heavy atom. The summed E-state index contributed by atoms with van der Waals surface area (Å²) in [5.41, 5.74) is 0.295. The number of nitrogens with zero attached hydrogens (tertiary/aromatic N) is 2. The van der Waals surface area contributed by atoms with Crippen LogP contribution in [-0.4, -0.2) is 73.4 Å². The fourth-order valence-corrected chi connectivity index (χ4v) is 4.11. The smallest absolute Gasteiger partial charge is 0.0703 e. The molecule has 3 aliphatic rings. The van der Waals surface area contributed by atoms with Gasteiger partial charge in [-0.25, -0.2) is 0 Å². The molecule has 0 radical (unpaired) electrons. The lowest BCUT2D eigenvalue weighted by Crippen LogP contribution is -2.57. The zero-order valence-corrected chi connectivity index (χ0v) is 12.5. The Kier molecular flexibility index (Phi) is 4.13. The van der Waals surface area contributed by atoms with Crippen LogP contribution < -0.4 is 5.32 Å². The van der Waals surface area contributed by atoms with Crippen LogP contribution in [0, 0.1) is 0 Å². The van der Waals surface area contributed by atoms with Gasteiger partial charge in [-0.05, 0) is 33.1 Å². The lowest BCUT2D eigenvalue weighted by Gasteiger charge is -2.43. The summed E-state index contributed by atoms with van der Waals surface area (Å²) in [5, 5.41) is 3.46. The molecule has 3 aliphatic heterocycles. The molecule has 3 rings (SSSR count). The van der Waals surface area contributed by atoms with E-state index in [2.05, 4.69) is 29.0 Å². The van der Waals surface area contributed by atoms with E-state index in [4.69, 9.17) is 4.74 Å². The molecule has 0 saturated carbocycles. The third-order valence-electron chi connectivity index (χ3n) is 5.34. The molecule has 1 N–H and O–H groups in total. The average Bonchev–Trinajstić information content (AvgIpc) is 3.00. The van der Waals surface area contributed by atoms with Crippen LogP contribution in [0.1, 0.15) is 33.1 Å². The number of piperazine rings is 1. The van der Waals surface area contributed by atoms with Crippen molar-refractivity contribution in [2.75, 3.05) is 45.9 Å². The summed E-state index contributed by atoms with van der Waals surface area (Å²) < 4.78 is 5.82. The molecule has 0 aromatic rings. The quantitative estimate of drug-likeness (QED) is 0.823. The van der Waals surface area contributed by atoms with Crippen LogP contribution in [0.3, 0.4) is 0 Å². The van der Waals surface area contributed by atoms with Crippen molar-refractivity contribution in [1.29, 1.82) is 0 Å². The van der Waals surface area contributed by atoms with Crippen molar-refractivity contribution in [2.45, 2.75) is 50.8 Å². The summed E-state index contributed by atoms with van der Waals surface area (Å²) in [6.45, 7) is 12.9. The molecule has 4 heteroatoms. The van der Waals surface area contributed by atoms with E-state index in [-0.39, 0.29) is 0 Å². The summed E-state index contributed by atoms with van der Waals surface area (Å²) in [7, 11) is 0. The minimum absolute atomic E-state index is 0.295. The molecule has 0 aliphatic carbocycles. The second kappa shape index (κ2) is 5.68. The fourth-order valence-electron chi connectivity index (χ4n) is 4.11. The number of ether oxygens (including phenoxy) is 1. The Labute approximate surface area is 117 Å². The van der Waals surface area contributed by atoms with Gasteiger partial charge < -0.3 is 10.1 Å². The van der Waals surface area contributed by atoms with Crippen molar-refractivity contribution in [3.05, 3.63) is 0 Å². The van der Waals surface area contributed by atoms with Crippen LogP contribution in [0.15, 0.2) is 0 Å². The van der Waals surface area contributed by atoms with Gasteiger partial charge in [-0.1, -0.05) is 0 Å². The van der Waals surface area contributed by atoms with Gasteiger partial charge in [0.1, 0.15) is 0 Å². The topological polar surface area (TPSA) is 27.7 Å². The molecule has 3 fully saturated rings. The highest BCUT2D eigenvalue weighted by atomic mass is 16.5. The third-order valence-corrected chi connectivity index (χ3v) is 5.34. The molecule has 0 spiro atoms. The Morgan fingerprint density at radius 1 is 1.16 bits per heavy atom. The van der Waals surface area contributed by atoms with E-state index >= 15 is 0 Å². The molecule has 110 valence electrons. The first-order valence-electron chi connectivity index (χ1n) is 7.99. The predicted octanol–water partition coefficient (Wildman–Crippen LogP) is 0.923. The number of likely N-dealkylation sites (tertiary alicyclic amines) is 1. The second-order valence-corrected chi connectivity index (χ2v) is 6.83. The molecule has 2 unspecified atom stereocenters. The van der Waals surface area contributed by atoms with Crippen LogP contribution in [-0.2, 0) is 4.74 Å². The lowest BCUT2D eigenvalue weighted by atomic mass is 9.93. The van der Waals surface area contributed by atoms with Crippen molar-refractivity contribution in [2.24, 2.45) is 0 Å². The zero-order chi connectivity index (χ0) is 13.3. The average molecular weight is 267 g/mol. The summed E-state index contributed by atoms with van der Waals surface area (Å²) >= 11 is 0.